The quantitative estimate of drug-likeness (QED) is 0.781. The Kier molecular flexibility index (Phi) is 7.16. The lowest BCUT2D eigenvalue weighted by Crippen LogP contribution is -2.52. The summed E-state index contributed by atoms with van der Waals surface area (Å²) in [6.07, 6.45) is 3.82. The normalized spacial score (nSPS) is 21.6. The summed E-state index contributed by atoms with van der Waals surface area (Å²) in [5.74, 6) is -0.845. The Morgan fingerprint density at radius 3 is 2.34 bits per heavy atom. The number of hydrogen-bond donors (Lipinski definition) is 2. The number of carbonyl (C=O) groups excluding carboxylic acids is 2. The number of alkyl halides is 3. The first kappa shape index (κ1) is 21.6. The Morgan fingerprint density at radius 1 is 1.00 bits per heavy atom. The molecule has 1 heterocycles. The fraction of sp³-hybridized carbons (Fsp3) is 0.619. The van der Waals surface area contributed by atoms with Crippen LogP contribution in [0.1, 0.15) is 60.9 Å². The Labute approximate surface area is 169 Å². The van der Waals surface area contributed by atoms with Crippen molar-refractivity contribution in [3.63, 3.8) is 0 Å². The van der Waals surface area contributed by atoms with Crippen LogP contribution in [-0.4, -0.2) is 48.4 Å². The van der Waals surface area contributed by atoms with E-state index in [0.717, 1.165) is 50.2 Å². The van der Waals surface area contributed by atoms with Crippen LogP contribution in [0, 0.1) is 0 Å². The van der Waals surface area contributed by atoms with Crippen molar-refractivity contribution in [3.05, 3.63) is 35.4 Å². The van der Waals surface area contributed by atoms with Gasteiger partial charge in [-0.2, -0.15) is 13.2 Å². The lowest BCUT2D eigenvalue weighted by Gasteiger charge is -2.40. The Hall–Kier alpha value is -2.09. The minimum absolute atomic E-state index is 0.0705. The highest BCUT2D eigenvalue weighted by Gasteiger charge is 2.30. The van der Waals surface area contributed by atoms with Crippen molar-refractivity contribution in [3.8, 4) is 0 Å². The predicted molar refractivity (Wildman–Crippen MR) is 103 cm³/mol. The summed E-state index contributed by atoms with van der Waals surface area (Å²) in [4.78, 5) is 26.8. The van der Waals surface area contributed by atoms with E-state index in [1.807, 2.05) is 0 Å². The van der Waals surface area contributed by atoms with Crippen LogP contribution in [-0.2, 0) is 11.0 Å². The summed E-state index contributed by atoms with van der Waals surface area (Å²) >= 11 is 0. The van der Waals surface area contributed by atoms with Gasteiger partial charge in [0.15, 0.2) is 0 Å². The molecular formula is C21H28F3N3O2. The second-order valence-corrected chi connectivity index (χ2v) is 7.95. The number of nitrogens with one attached hydrogen (secondary N) is 2. The van der Waals surface area contributed by atoms with Gasteiger partial charge in [-0.3, -0.25) is 14.5 Å². The zero-order valence-corrected chi connectivity index (χ0v) is 16.4. The maximum Gasteiger partial charge on any atom is 0.416 e. The molecule has 0 aromatic heterocycles. The fourth-order valence-electron chi connectivity index (χ4n) is 4.25. The molecule has 3 rings (SSSR count). The lowest BCUT2D eigenvalue weighted by atomic mass is 9.92. The third-order valence-corrected chi connectivity index (χ3v) is 5.79. The molecule has 5 nitrogen and oxygen atoms in total. The number of piperidine rings is 1. The third-order valence-electron chi connectivity index (χ3n) is 5.79. The zero-order chi connectivity index (χ0) is 20.9. The second-order valence-electron chi connectivity index (χ2n) is 7.95. The minimum atomic E-state index is -4.44. The van der Waals surface area contributed by atoms with Crippen LogP contribution >= 0.6 is 0 Å². The van der Waals surface area contributed by atoms with E-state index in [1.54, 1.807) is 0 Å². The first-order valence-corrected chi connectivity index (χ1v) is 10.3. The van der Waals surface area contributed by atoms with Gasteiger partial charge in [0.2, 0.25) is 5.91 Å². The summed E-state index contributed by atoms with van der Waals surface area (Å²) < 4.78 is 37.8. The molecule has 1 aromatic rings. The zero-order valence-electron chi connectivity index (χ0n) is 16.4. The van der Waals surface area contributed by atoms with Crippen LogP contribution in [0.3, 0.4) is 0 Å². The number of carbonyl (C=O) groups is 2. The highest BCUT2D eigenvalue weighted by molar-refractivity contribution is 5.96. The number of halogens is 3. The highest BCUT2D eigenvalue weighted by Crippen LogP contribution is 2.29. The van der Waals surface area contributed by atoms with Gasteiger partial charge in [0.1, 0.15) is 0 Å². The third kappa shape index (κ3) is 6.19. The summed E-state index contributed by atoms with van der Waals surface area (Å²) in [5.41, 5.74) is -0.724. The van der Waals surface area contributed by atoms with Crippen molar-refractivity contribution in [1.82, 2.24) is 15.5 Å². The molecule has 2 aliphatic rings. The molecule has 1 aromatic carbocycles. The number of benzene rings is 1. The Balaban J connectivity index is 1.43. The van der Waals surface area contributed by atoms with Gasteiger partial charge < -0.3 is 10.6 Å². The molecule has 0 bridgehead atoms. The van der Waals surface area contributed by atoms with Crippen LogP contribution in [0.5, 0.6) is 0 Å². The van der Waals surface area contributed by atoms with Crippen molar-refractivity contribution in [2.75, 3.05) is 19.6 Å². The van der Waals surface area contributed by atoms with Gasteiger partial charge in [-0.1, -0.05) is 19.3 Å². The molecule has 29 heavy (non-hydrogen) atoms. The van der Waals surface area contributed by atoms with Crippen LogP contribution < -0.4 is 10.6 Å². The maximum atomic E-state index is 12.6. The highest BCUT2D eigenvalue weighted by atomic mass is 19.4. The maximum absolute atomic E-state index is 12.6. The molecule has 1 saturated heterocycles. The molecule has 1 atom stereocenters. The molecule has 0 radical (unpaired) electrons. The molecular weight excluding hydrogens is 383 g/mol. The van der Waals surface area contributed by atoms with Crippen LogP contribution in [0.4, 0.5) is 13.2 Å². The van der Waals surface area contributed by atoms with Gasteiger partial charge in [-0.15, -0.1) is 0 Å². The van der Waals surface area contributed by atoms with Crippen molar-refractivity contribution < 1.29 is 22.8 Å². The summed E-state index contributed by atoms with van der Waals surface area (Å²) in [6, 6.07) is 4.62. The minimum Gasteiger partial charge on any atom is -0.351 e. The molecule has 2 amide bonds. The molecule has 8 heteroatoms. The van der Waals surface area contributed by atoms with E-state index in [0.29, 0.717) is 6.04 Å². The number of hydrogen-bond acceptors (Lipinski definition) is 3. The fourth-order valence-corrected chi connectivity index (χ4v) is 4.25. The van der Waals surface area contributed by atoms with Crippen LogP contribution in [0.15, 0.2) is 24.3 Å². The van der Waals surface area contributed by atoms with E-state index in [-0.39, 0.29) is 24.1 Å². The summed E-state index contributed by atoms with van der Waals surface area (Å²) in [7, 11) is 0. The van der Waals surface area contributed by atoms with E-state index < -0.39 is 17.6 Å². The molecule has 1 aliphatic heterocycles. The van der Waals surface area contributed by atoms with E-state index in [9.17, 15) is 22.8 Å². The van der Waals surface area contributed by atoms with E-state index in [4.69, 9.17) is 0 Å². The van der Waals surface area contributed by atoms with Crippen LogP contribution in [0.25, 0.3) is 0 Å². The van der Waals surface area contributed by atoms with Gasteiger partial charge in [0.25, 0.3) is 5.91 Å². The van der Waals surface area contributed by atoms with Crippen LogP contribution in [0.2, 0.25) is 0 Å². The monoisotopic (exact) mass is 411 g/mol. The smallest absolute Gasteiger partial charge is 0.351 e. The van der Waals surface area contributed by atoms with Crippen molar-refractivity contribution in [1.29, 1.82) is 0 Å². The molecule has 0 spiro atoms. The summed E-state index contributed by atoms with van der Waals surface area (Å²) in [6.45, 7) is 1.71. The molecule has 160 valence electrons. The first-order chi connectivity index (χ1) is 13.8. The Morgan fingerprint density at radius 2 is 1.69 bits per heavy atom. The average Bonchev–Trinajstić information content (AvgIpc) is 2.72. The number of nitrogens with zero attached hydrogens (tertiary/aromatic N) is 1. The lowest BCUT2D eigenvalue weighted by molar-refractivity contribution is -0.137. The molecule has 1 unspecified atom stereocenters. The molecule has 2 N–H and O–H groups in total. The largest absolute Gasteiger partial charge is 0.416 e. The SMILES string of the molecule is O=C(CNC(=O)c1ccc(C(F)(F)F)cc1)NC1CCCN(C2CCCCC2)C1. The molecule has 1 aliphatic carbocycles. The Bertz CT molecular complexity index is 700. The number of amides is 2. The van der Waals surface area contributed by atoms with Gasteiger partial charge in [-0.05, 0) is 56.5 Å². The van der Waals surface area contributed by atoms with Gasteiger partial charge in [0.05, 0.1) is 12.1 Å². The van der Waals surface area contributed by atoms with Crippen molar-refractivity contribution >= 4 is 11.8 Å². The molecule has 1 saturated carbocycles. The van der Waals surface area contributed by atoms with Crippen molar-refractivity contribution in [2.24, 2.45) is 0 Å². The second kappa shape index (κ2) is 9.61. The van der Waals surface area contributed by atoms with Gasteiger partial charge in [0, 0.05) is 24.2 Å². The topological polar surface area (TPSA) is 61.4 Å². The van der Waals surface area contributed by atoms with Gasteiger partial charge in [-0.25, -0.2) is 0 Å². The summed E-state index contributed by atoms with van der Waals surface area (Å²) in [5, 5.41) is 5.45. The molecule has 2 fully saturated rings. The number of rotatable bonds is 5. The van der Waals surface area contributed by atoms with E-state index in [1.165, 1.54) is 32.1 Å². The first-order valence-electron chi connectivity index (χ1n) is 10.3. The number of likely N-dealkylation sites (tertiary alicyclic amines) is 1. The predicted octanol–water partition coefficient (Wildman–Crippen LogP) is 3.35. The van der Waals surface area contributed by atoms with E-state index >= 15 is 0 Å². The van der Waals surface area contributed by atoms with Crippen molar-refractivity contribution in [2.45, 2.75) is 63.2 Å². The standard InChI is InChI=1S/C21H28F3N3O2/c22-21(23,24)16-10-8-15(9-11-16)20(29)25-13-19(28)26-17-5-4-12-27(14-17)18-6-2-1-3-7-18/h8-11,17-18H,1-7,12-14H2,(H,25,29)(H,26,28). The van der Waals surface area contributed by atoms with E-state index in [2.05, 4.69) is 15.5 Å². The average molecular weight is 411 g/mol. The van der Waals surface area contributed by atoms with Gasteiger partial charge >= 0.3 is 6.18 Å².